The largest absolute Gasteiger partial charge is 0.370 e. The van der Waals surface area contributed by atoms with Crippen LogP contribution in [-0.4, -0.2) is 30.5 Å². The predicted molar refractivity (Wildman–Crippen MR) is 72.1 cm³/mol. The van der Waals surface area contributed by atoms with Gasteiger partial charge >= 0.3 is 0 Å². The SMILES string of the molecule is O=C(C1CC1)N1CCOC(c2ccc(Br)cc2)C1. The van der Waals surface area contributed by atoms with Gasteiger partial charge in [0.25, 0.3) is 0 Å². The van der Waals surface area contributed by atoms with Gasteiger partial charge in [-0.3, -0.25) is 4.79 Å². The van der Waals surface area contributed by atoms with Crippen molar-refractivity contribution in [2.45, 2.75) is 18.9 Å². The fourth-order valence-electron chi connectivity index (χ4n) is 2.32. The third-order valence-electron chi connectivity index (χ3n) is 3.55. The second-order valence-electron chi connectivity index (χ2n) is 4.97. The molecule has 0 aromatic heterocycles. The van der Waals surface area contributed by atoms with E-state index in [1.165, 1.54) is 0 Å². The Bertz CT molecular complexity index is 442. The van der Waals surface area contributed by atoms with Crippen molar-refractivity contribution in [2.75, 3.05) is 19.7 Å². The normalized spacial score (nSPS) is 24.1. The summed E-state index contributed by atoms with van der Waals surface area (Å²) in [4.78, 5) is 14.0. The van der Waals surface area contributed by atoms with E-state index in [0.29, 0.717) is 25.0 Å². The van der Waals surface area contributed by atoms with Crippen molar-refractivity contribution in [1.29, 1.82) is 0 Å². The first kappa shape index (κ1) is 12.2. The van der Waals surface area contributed by atoms with Crippen molar-refractivity contribution in [3.8, 4) is 0 Å². The number of halogens is 1. The van der Waals surface area contributed by atoms with Gasteiger partial charge in [-0.05, 0) is 30.5 Å². The fourth-order valence-corrected chi connectivity index (χ4v) is 2.58. The highest BCUT2D eigenvalue weighted by Crippen LogP contribution is 2.33. The number of benzene rings is 1. The topological polar surface area (TPSA) is 29.5 Å². The van der Waals surface area contributed by atoms with Crippen molar-refractivity contribution in [1.82, 2.24) is 4.90 Å². The zero-order chi connectivity index (χ0) is 12.5. The van der Waals surface area contributed by atoms with Crippen molar-refractivity contribution in [2.24, 2.45) is 5.92 Å². The number of nitrogens with zero attached hydrogens (tertiary/aromatic N) is 1. The smallest absolute Gasteiger partial charge is 0.225 e. The number of carbonyl (C=O) groups excluding carboxylic acids is 1. The lowest BCUT2D eigenvalue weighted by atomic mass is 10.1. The second kappa shape index (κ2) is 5.02. The zero-order valence-corrected chi connectivity index (χ0v) is 11.7. The molecule has 3 nitrogen and oxygen atoms in total. The molecule has 1 aliphatic carbocycles. The Morgan fingerprint density at radius 2 is 2.00 bits per heavy atom. The van der Waals surface area contributed by atoms with Crippen LogP contribution in [0.25, 0.3) is 0 Å². The molecule has 1 aromatic carbocycles. The summed E-state index contributed by atoms with van der Waals surface area (Å²) in [7, 11) is 0. The fraction of sp³-hybridized carbons (Fsp3) is 0.500. The maximum absolute atomic E-state index is 12.1. The Labute approximate surface area is 115 Å². The second-order valence-corrected chi connectivity index (χ2v) is 5.89. The highest BCUT2D eigenvalue weighted by Gasteiger charge is 2.35. The summed E-state index contributed by atoms with van der Waals surface area (Å²) in [6, 6.07) is 8.14. The number of hydrogen-bond acceptors (Lipinski definition) is 2. The van der Waals surface area contributed by atoms with E-state index >= 15 is 0 Å². The third-order valence-corrected chi connectivity index (χ3v) is 4.08. The van der Waals surface area contributed by atoms with Gasteiger partial charge in [0, 0.05) is 16.9 Å². The van der Waals surface area contributed by atoms with E-state index in [4.69, 9.17) is 4.74 Å². The Balaban J connectivity index is 1.69. The summed E-state index contributed by atoms with van der Waals surface area (Å²) in [5, 5.41) is 0. The third kappa shape index (κ3) is 2.59. The van der Waals surface area contributed by atoms with E-state index in [1.54, 1.807) is 0 Å². The van der Waals surface area contributed by atoms with Crippen LogP contribution in [0.2, 0.25) is 0 Å². The van der Waals surface area contributed by atoms with Gasteiger partial charge in [-0.15, -0.1) is 0 Å². The van der Waals surface area contributed by atoms with Gasteiger partial charge in [-0.25, -0.2) is 0 Å². The number of hydrogen-bond donors (Lipinski definition) is 0. The van der Waals surface area contributed by atoms with Gasteiger partial charge in [0.15, 0.2) is 0 Å². The van der Waals surface area contributed by atoms with Crippen molar-refractivity contribution in [3.63, 3.8) is 0 Å². The quantitative estimate of drug-likeness (QED) is 0.840. The molecule has 1 aromatic rings. The summed E-state index contributed by atoms with van der Waals surface area (Å²) in [6.45, 7) is 2.07. The van der Waals surface area contributed by atoms with Crippen LogP contribution in [-0.2, 0) is 9.53 Å². The molecule has 3 rings (SSSR count). The summed E-state index contributed by atoms with van der Waals surface area (Å²) in [5.41, 5.74) is 1.14. The van der Waals surface area contributed by atoms with Crippen LogP contribution >= 0.6 is 15.9 Å². The van der Waals surface area contributed by atoms with E-state index in [1.807, 2.05) is 17.0 Å². The van der Waals surface area contributed by atoms with Gasteiger partial charge in [0.2, 0.25) is 5.91 Å². The van der Waals surface area contributed by atoms with Crippen molar-refractivity contribution >= 4 is 21.8 Å². The summed E-state index contributed by atoms with van der Waals surface area (Å²) >= 11 is 3.43. The first-order chi connectivity index (χ1) is 8.74. The average molecular weight is 310 g/mol. The van der Waals surface area contributed by atoms with Crippen LogP contribution in [0.3, 0.4) is 0 Å². The highest BCUT2D eigenvalue weighted by atomic mass is 79.9. The minimum atomic E-state index is 0.0227. The Hall–Kier alpha value is -0.870. The maximum atomic E-state index is 12.1. The number of morpholine rings is 1. The molecule has 1 amide bonds. The van der Waals surface area contributed by atoms with E-state index in [-0.39, 0.29) is 6.10 Å². The first-order valence-electron chi connectivity index (χ1n) is 6.40. The molecule has 1 aliphatic heterocycles. The standard InChI is InChI=1S/C14H16BrNO2/c15-12-5-3-10(4-6-12)13-9-16(7-8-18-13)14(17)11-1-2-11/h3-6,11,13H,1-2,7-9H2. The molecule has 2 aliphatic rings. The van der Waals surface area contributed by atoms with Gasteiger partial charge in [0.1, 0.15) is 6.10 Å². The maximum Gasteiger partial charge on any atom is 0.225 e. The molecule has 1 atom stereocenters. The molecule has 1 heterocycles. The molecule has 1 unspecified atom stereocenters. The van der Waals surface area contributed by atoms with Crippen LogP contribution in [0, 0.1) is 5.92 Å². The molecule has 18 heavy (non-hydrogen) atoms. The van der Waals surface area contributed by atoms with Gasteiger partial charge in [-0.2, -0.15) is 0 Å². The first-order valence-corrected chi connectivity index (χ1v) is 7.19. The minimum Gasteiger partial charge on any atom is -0.370 e. The van der Waals surface area contributed by atoms with E-state index < -0.39 is 0 Å². The molecule has 1 saturated carbocycles. The Kier molecular flexibility index (Phi) is 3.39. The van der Waals surface area contributed by atoms with Crippen molar-refractivity contribution < 1.29 is 9.53 Å². The summed E-state index contributed by atoms with van der Waals surface area (Å²) < 4.78 is 6.84. The monoisotopic (exact) mass is 309 g/mol. The van der Waals surface area contributed by atoms with Gasteiger partial charge in [0.05, 0.1) is 13.2 Å². The Morgan fingerprint density at radius 1 is 1.28 bits per heavy atom. The van der Waals surface area contributed by atoms with Gasteiger partial charge in [-0.1, -0.05) is 28.1 Å². The van der Waals surface area contributed by atoms with Crippen LogP contribution in [0.15, 0.2) is 28.7 Å². The van der Waals surface area contributed by atoms with E-state index in [9.17, 15) is 4.79 Å². The van der Waals surface area contributed by atoms with Crippen LogP contribution in [0.1, 0.15) is 24.5 Å². The van der Waals surface area contributed by atoms with E-state index in [2.05, 4.69) is 28.1 Å². The summed E-state index contributed by atoms with van der Waals surface area (Å²) in [6.07, 6.45) is 2.16. The van der Waals surface area contributed by atoms with Crippen LogP contribution in [0.4, 0.5) is 0 Å². The molecular formula is C14H16BrNO2. The van der Waals surface area contributed by atoms with Crippen LogP contribution in [0.5, 0.6) is 0 Å². The van der Waals surface area contributed by atoms with Gasteiger partial charge < -0.3 is 9.64 Å². The minimum absolute atomic E-state index is 0.0227. The zero-order valence-electron chi connectivity index (χ0n) is 10.1. The molecule has 0 spiro atoms. The molecule has 0 N–H and O–H groups in total. The van der Waals surface area contributed by atoms with Crippen LogP contribution < -0.4 is 0 Å². The number of amides is 1. The van der Waals surface area contributed by atoms with Crippen molar-refractivity contribution in [3.05, 3.63) is 34.3 Å². The average Bonchev–Trinajstić information content (AvgIpc) is 3.23. The summed E-state index contributed by atoms with van der Waals surface area (Å²) in [5.74, 6) is 0.620. The molecule has 96 valence electrons. The van der Waals surface area contributed by atoms with E-state index in [0.717, 1.165) is 29.4 Å². The molecule has 2 fully saturated rings. The lowest BCUT2D eigenvalue weighted by Gasteiger charge is -2.33. The number of ether oxygens (including phenoxy) is 1. The molecular weight excluding hydrogens is 294 g/mol. The molecule has 4 heteroatoms. The molecule has 0 radical (unpaired) electrons. The Morgan fingerprint density at radius 3 is 2.67 bits per heavy atom. The number of carbonyl (C=O) groups is 1. The lowest BCUT2D eigenvalue weighted by molar-refractivity contribution is -0.140. The highest BCUT2D eigenvalue weighted by molar-refractivity contribution is 9.10. The predicted octanol–water partition coefficient (Wildman–Crippen LogP) is 2.76. The molecule has 0 bridgehead atoms. The molecule has 1 saturated heterocycles. The lowest BCUT2D eigenvalue weighted by Crippen LogP contribution is -2.42. The number of rotatable bonds is 2.